The van der Waals surface area contributed by atoms with E-state index in [2.05, 4.69) is 5.32 Å². The zero-order chi connectivity index (χ0) is 20.0. The number of rotatable bonds is 7. The van der Waals surface area contributed by atoms with E-state index in [0.29, 0.717) is 5.56 Å². The molecule has 2 aromatic rings. The van der Waals surface area contributed by atoms with Crippen molar-refractivity contribution in [1.82, 2.24) is 10.2 Å². The first-order chi connectivity index (χ1) is 12.8. The van der Waals surface area contributed by atoms with Crippen molar-refractivity contribution >= 4 is 11.8 Å². The van der Waals surface area contributed by atoms with Gasteiger partial charge in [-0.15, -0.1) is 0 Å². The van der Waals surface area contributed by atoms with E-state index in [0.717, 1.165) is 11.1 Å². The molecular weight excluding hydrogens is 343 g/mol. The molecule has 2 amide bonds. The van der Waals surface area contributed by atoms with E-state index >= 15 is 0 Å². The quantitative estimate of drug-likeness (QED) is 0.809. The van der Waals surface area contributed by atoms with Gasteiger partial charge in [0.05, 0.1) is 6.42 Å². The second-order valence-corrected chi connectivity index (χ2v) is 7.12. The summed E-state index contributed by atoms with van der Waals surface area (Å²) in [5.41, 5.74) is 2.32. The van der Waals surface area contributed by atoms with E-state index in [1.54, 1.807) is 25.1 Å². The normalized spacial score (nSPS) is 11.9. The van der Waals surface area contributed by atoms with E-state index in [-0.39, 0.29) is 36.6 Å². The van der Waals surface area contributed by atoms with Gasteiger partial charge >= 0.3 is 0 Å². The van der Waals surface area contributed by atoms with Crippen LogP contribution in [0, 0.1) is 12.7 Å². The van der Waals surface area contributed by atoms with Gasteiger partial charge in [-0.1, -0.05) is 48.0 Å². The summed E-state index contributed by atoms with van der Waals surface area (Å²) in [6.45, 7) is 7.40. The molecule has 1 atom stereocenters. The molecule has 0 bridgehead atoms. The highest BCUT2D eigenvalue weighted by Gasteiger charge is 2.27. The first-order valence-corrected chi connectivity index (χ1v) is 9.16. The van der Waals surface area contributed by atoms with Crippen LogP contribution in [0.3, 0.4) is 0 Å². The molecular formula is C22H27FN2O2. The van der Waals surface area contributed by atoms with E-state index in [1.165, 1.54) is 11.0 Å². The summed E-state index contributed by atoms with van der Waals surface area (Å²) in [5, 5.41) is 2.82. The van der Waals surface area contributed by atoms with Crippen molar-refractivity contribution in [1.29, 1.82) is 0 Å². The molecule has 2 aromatic carbocycles. The van der Waals surface area contributed by atoms with Crippen molar-refractivity contribution in [3.8, 4) is 0 Å². The molecule has 0 fully saturated rings. The molecule has 0 aliphatic carbocycles. The lowest BCUT2D eigenvalue weighted by Gasteiger charge is -2.29. The molecule has 0 aliphatic rings. The maximum Gasteiger partial charge on any atom is 0.242 e. The minimum atomic E-state index is -0.704. The maximum absolute atomic E-state index is 14.1. The van der Waals surface area contributed by atoms with Crippen molar-refractivity contribution in [2.24, 2.45) is 0 Å². The number of aryl methyl sites for hydroxylation is 1. The van der Waals surface area contributed by atoms with Gasteiger partial charge in [0.2, 0.25) is 11.8 Å². The second kappa shape index (κ2) is 9.31. The number of carbonyl (C=O) groups is 2. The standard InChI is InChI=1S/C22H27FN2O2/c1-15(2)24-22(27)17(4)25(14-19-10-5-6-11-20(19)23)21(26)13-18-9-7-8-16(3)12-18/h5-12,15,17H,13-14H2,1-4H3,(H,24,27)/t17-/m1/s1. The first-order valence-electron chi connectivity index (χ1n) is 9.16. The molecule has 2 rings (SSSR count). The van der Waals surface area contributed by atoms with Gasteiger partial charge in [0.1, 0.15) is 11.9 Å². The summed E-state index contributed by atoms with van der Waals surface area (Å²) in [5.74, 6) is -0.850. The van der Waals surface area contributed by atoms with E-state index in [9.17, 15) is 14.0 Å². The smallest absolute Gasteiger partial charge is 0.242 e. The predicted molar refractivity (Wildman–Crippen MR) is 105 cm³/mol. The highest BCUT2D eigenvalue weighted by atomic mass is 19.1. The number of nitrogens with zero attached hydrogens (tertiary/aromatic N) is 1. The van der Waals surface area contributed by atoms with E-state index < -0.39 is 6.04 Å². The Morgan fingerprint density at radius 3 is 2.41 bits per heavy atom. The molecule has 1 N–H and O–H groups in total. The predicted octanol–water partition coefficient (Wildman–Crippen LogP) is 3.62. The molecule has 0 radical (unpaired) electrons. The zero-order valence-corrected chi connectivity index (χ0v) is 16.3. The van der Waals surface area contributed by atoms with Gasteiger partial charge in [0.25, 0.3) is 0 Å². The third-order valence-electron chi connectivity index (χ3n) is 4.33. The van der Waals surface area contributed by atoms with Crippen molar-refractivity contribution in [2.75, 3.05) is 0 Å². The Balaban J connectivity index is 2.26. The average Bonchev–Trinajstić information content (AvgIpc) is 2.59. The van der Waals surface area contributed by atoms with E-state index in [1.807, 2.05) is 45.0 Å². The second-order valence-electron chi connectivity index (χ2n) is 7.12. The lowest BCUT2D eigenvalue weighted by atomic mass is 10.1. The van der Waals surface area contributed by atoms with Crippen LogP contribution in [0.4, 0.5) is 4.39 Å². The number of nitrogens with one attached hydrogen (secondary N) is 1. The first kappa shape index (κ1) is 20.6. The average molecular weight is 370 g/mol. The molecule has 4 nitrogen and oxygen atoms in total. The molecule has 0 aliphatic heterocycles. The summed E-state index contributed by atoms with van der Waals surface area (Å²) in [6, 6.07) is 13.3. The molecule has 0 unspecified atom stereocenters. The fraction of sp³-hybridized carbons (Fsp3) is 0.364. The van der Waals surface area contributed by atoms with Crippen molar-refractivity contribution < 1.29 is 14.0 Å². The third-order valence-corrected chi connectivity index (χ3v) is 4.33. The number of carbonyl (C=O) groups excluding carboxylic acids is 2. The Morgan fingerprint density at radius 2 is 1.78 bits per heavy atom. The van der Waals surface area contributed by atoms with Crippen LogP contribution < -0.4 is 5.32 Å². The van der Waals surface area contributed by atoms with Crippen LogP contribution in [-0.2, 0) is 22.6 Å². The van der Waals surface area contributed by atoms with Crippen LogP contribution in [0.15, 0.2) is 48.5 Å². The topological polar surface area (TPSA) is 49.4 Å². The minimum absolute atomic E-state index is 0.0397. The third kappa shape index (κ3) is 5.91. The van der Waals surface area contributed by atoms with Gasteiger partial charge in [-0.2, -0.15) is 0 Å². The fourth-order valence-corrected chi connectivity index (χ4v) is 2.90. The zero-order valence-electron chi connectivity index (χ0n) is 16.3. The number of amides is 2. The van der Waals surface area contributed by atoms with Crippen LogP contribution in [0.5, 0.6) is 0 Å². The molecule has 27 heavy (non-hydrogen) atoms. The van der Waals surface area contributed by atoms with Crippen molar-refractivity contribution in [3.05, 3.63) is 71.0 Å². The maximum atomic E-state index is 14.1. The van der Waals surface area contributed by atoms with Crippen LogP contribution >= 0.6 is 0 Å². The number of hydrogen-bond donors (Lipinski definition) is 1. The number of halogens is 1. The summed E-state index contributed by atoms with van der Waals surface area (Å²) in [7, 11) is 0. The van der Waals surface area contributed by atoms with Gasteiger partial charge in [-0.3, -0.25) is 9.59 Å². The fourth-order valence-electron chi connectivity index (χ4n) is 2.90. The van der Waals surface area contributed by atoms with Crippen molar-refractivity contribution in [2.45, 2.75) is 52.7 Å². The molecule has 0 saturated carbocycles. The molecule has 5 heteroatoms. The van der Waals surface area contributed by atoms with Gasteiger partial charge < -0.3 is 10.2 Å². The summed E-state index contributed by atoms with van der Waals surface area (Å²) >= 11 is 0. The van der Waals surface area contributed by atoms with Crippen LogP contribution in [0.1, 0.15) is 37.5 Å². The lowest BCUT2D eigenvalue weighted by molar-refractivity contribution is -0.140. The minimum Gasteiger partial charge on any atom is -0.352 e. The molecule has 0 heterocycles. The lowest BCUT2D eigenvalue weighted by Crippen LogP contribution is -2.49. The Labute approximate surface area is 160 Å². The molecule has 0 saturated heterocycles. The Hall–Kier alpha value is -2.69. The van der Waals surface area contributed by atoms with Crippen molar-refractivity contribution in [3.63, 3.8) is 0 Å². The molecule has 0 spiro atoms. The summed E-state index contributed by atoms with van der Waals surface area (Å²) in [6.07, 6.45) is 0.162. The van der Waals surface area contributed by atoms with Gasteiger partial charge in [-0.05, 0) is 39.3 Å². The van der Waals surface area contributed by atoms with Crippen LogP contribution in [-0.4, -0.2) is 28.8 Å². The summed E-state index contributed by atoms with van der Waals surface area (Å²) in [4.78, 5) is 26.9. The SMILES string of the molecule is Cc1cccc(CC(=O)N(Cc2ccccc2F)[C@H](C)C(=O)NC(C)C)c1. The highest BCUT2D eigenvalue weighted by molar-refractivity contribution is 5.88. The largest absolute Gasteiger partial charge is 0.352 e. The van der Waals surface area contributed by atoms with Gasteiger partial charge in [0, 0.05) is 18.2 Å². The Kier molecular flexibility index (Phi) is 7.11. The number of benzene rings is 2. The highest BCUT2D eigenvalue weighted by Crippen LogP contribution is 2.15. The molecule has 0 aromatic heterocycles. The summed E-state index contributed by atoms with van der Waals surface area (Å²) < 4.78 is 14.1. The van der Waals surface area contributed by atoms with Crippen LogP contribution in [0.2, 0.25) is 0 Å². The molecule has 144 valence electrons. The van der Waals surface area contributed by atoms with Crippen LogP contribution in [0.25, 0.3) is 0 Å². The Bertz CT molecular complexity index is 804. The van der Waals surface area contributed by atoms with Gasteiger partial charge in [0.15, 0.2) is 0 Å². The number of hydrogen-bond acceptors (Lipinski definition) is 2. The monoisotopic (exact) mass is 370 g/mol. The van der Waals surface area contributed by atoms with Gasteiger partial charge in [-0.25, -0.2) is 4.39 Å². The van der Waals surface area contributed by atoms with E-state index in [4.69, 9.17) is 0 Å². The Morgan fingerprint density at radius 1 is 1.07 bits per heavy atom.